The summed E-state index contributed by atoms with van der Waals surface area (Å²) in [5, 5.41) is 2.91. The minimum atomic E-state index is -0.297. The summed E-state index contributed by atoms with van der Waals surface area (Å²) in [6, 6.07) is 1.67. The zero-order valence-corrected chi connectivity index (χ0v) is 9.63. The molecule has 0 aromatic carbocycles. The SMILES string of the molecule is C#CCN(CC)c1nccc(CNC)c1F. The number of pyridine rings is 1. The van der Waals surface area contributed by atoms with Crippen molar-refractivity contribution in [2.24, 2.45) is 0 Å². The third kappa shape index (κ3) is 2.71. The fourth-order valence-electron chi connectivity index (χ4n) is 1.47. The van der Waals surface area contributed by atoms with Gasteiger partial charge in [-0.1, -0.05) is 5.92 Å². The van der Waals surface area contributed by atoms with Crippen molar-refractivity contribution in [2.75, 3.05) is 25.0 Å². The number of anilines is 1. The molecule has 0 radical (unpaired) electrons. The molecule has 0 fully saturated rings. The average molecular weight is 221 g/mol. The Morgan fingerprint density at radius 3 is 2.94 bits per heavy atom. The van der Waals surface area contributed by atoms with E-state index in [1.807, 2.05) is 6.92 Å². The van der Waals surface area contributed by atoms with Gasteiger partial charge < -0.3 is 10.2 Å². The van der Waals surface area contributed by atoms with Crippen LogP contribution < -0.4 is 10.2 Å². The number of nitrogens with one attached hydrogen (secondary N) is 1. The second-order valence-corrected chi connectivity index (χ2v) is 3.36. The largest absolute Gasteiger partial charge is 0.343 e. The summed E-state index contributed by atoms with van der Waals surface area (Å²) in [5.41, 5.74) is 0.600. The lowest BCUT2D eigenvalue weighted by Crippen LogP contribution is -2.25. The highest BCUT2D eigenvalue weighted by Crippen LogP contribution is 2.18. The van der Waals surface area contributed by atoms with E-state index in [4.69, 9.17) is 6.42 Å². The predicted octanol–water partition coefficient (Wildman–Crippen LogP) is 1.40. The quantitative estimate of drug-likeness (QED) is 0.762. The zero-order chi connectivity index (χ0) is 12.0. The van der Waals surface area contributed by atoms with Gasteiger partial charge in [0.25, 0.3) is 0 Å². The fraction of sp³-hybridized carbons (Fsp3) is 0.417. The lowest BCUT2D eigenvalue weighted by Gasteiger charge is -2.20. The summed E-state index contributed by atoms with van der Waals surface area (Å²) >= 11 is 0. The van der Waals surface area contributed by atoms with E-state index in [0.29, 0.717) is 31.0 Å². The van der Waals surface area contributed by atoms with Gasteiger partial charge in [-0.25, -0.2) is 9.37 Å². The predicted molar refractivity (Wildman–Crippen MR) is 63.7 cm³/mol. The third-order valence-electron chi connectivity index (χ3n) is 2.28. The second kappa shape index (κ2) is 6.09. The van der Waals surface area contributed by atoms with Crippen molar-refractivity contribution in [2.45, 2.75) is 13.5 Å². The summed E-state index contributed by atoms with van der Waals surface area (Å²) in [6.45, 7) is 3.40. The van der Waals surface area contributed by atoms with Crippen LogP contribution in [-0.4, -0.2) is 25.1 Å². The van der Waals surface area contributed by atoms with Gasteiger partial charge in [0.1, 0.15) is 0 Å². The molecule has 3 nitrogen and oxygen atoms in total. The molecule has 0 amide bonds. The van der Waals surface area contributed by atoms with E-state index in [9.17, 15) is 4.39 Å². The summed E-state index contributed by atoms with van der Waals surface area (Å²) in [4.78, 5) is 5.77. The molecule has 16 heavy (non-hydrogen) atoms. The highest BCUT2D eigenvalue weighted by atomic mass is 19.1. The van der Waals surface area contributed by atoms with Crippen LogP contribution in [0.15, 0.2) is 12.3 Å². The molecule has 0 aliphatic carbocycles. The van der Waals surface area contributed by atoms with Gasteiger partial charge in [-0.2, -0.15) is 0 Å². The number of aromatic nitrogens is 1. The van der Waals surface area contributed by atoms with Gasteiger partial charge >= 0.3 is 0 Å². The summed E-state index contributed by atoms with van der Waals surface area (Å²) in [7, 11) is 1.78. The first-order chi connectivity index (χ1) is 7.74. The number of hydrogen-bond acceptors (Lipinski definition) is 3. The number of halogens is 1. The Bertz CT molecular complexity index is 384. The first-order valence-corrected chi connectivity index (χ1v) is 5.21. The number of terminal acetylenes is 1. The Kier molecular flexibility index (Phi) is 4.74. The van der Waals surface area contributed by atoms with E-state index in [1.165, 1.54) is 0 Å². The van der Waals surface area contributed by atoms with Crippen LogP contribution in [-0.2, 0) is 6.54 Å². The average Bonchev–Trinajstić information content (AvgIpc) is 2.30. The molecule has 0 spiro atoms. The number of nitrogens with zero attached hydrogens (tertiary/aromatic N) is 2. The van der Waals surface area contributed by atoms with Gasteiger partial charge in [-0.3, -0.25) is 0 Å². The standard InChI is InChI=1S/C12H16FN3/c1-4-8-16(5-2)12-11(13)10(9-14-3)6-7-15-12/h1,6-7,14H,5,8-9H2,2-3H3. The van der Waals surface area contributed by atoms with Gasteiger partial charge in [0.05, 0.1) is 6.54 Å². The van der Waals surface area contributed by atoms with Crippen molar-refractivity contribution in [3.63, 3.8) is 0 Å². The molecule has 0 aliphatic rings. The topological polar surface area (TPSA) is 28.2 Å². The molecular weight excluding hydrogens is 205 g/mol. The molecule has 0 bridgehead atoms. The van der Waals surface area contributed by atoms with E-state index >= 15 is 0 Å². The normalized spacial score (nSPS) is 9.88. The first kappa shape index (κ1) is 12.5. The molecule has 0 aliphatic heterocycles. The zero-order valence-electron chi connectivity index (χ0n) is 9.63. The van der Waals surface area contributed by atoms with Crippen LogP contribution in [0.1, 0.15) is 12.5 Å². The molecule has 0 saturated heterocycles. The van der Waals surface area contributed by atoms with E-state index < -0.39 is 0 Å². The van der Waals surface area contributed by atoms with Crippen molar-refractivity contribution < 1.29 is 4.39 Å². The first-order valence-electron chi connectivity index (χ1n) is 5.21. The van der Waals surface area contributed by atoms with Crippen LogP contribution in [0.4, 0.5) is 10.2 Å². The van der Waals surface area contributed by atoms with Crippen LogP contribution in [0.25, 0.3) is 0 Å². The van der Waals surface area contributed by atoms with E-state index in [2.05, 4.69) is 16.2 Å². The van der Waals surface area contributed by atoms with Gasteiger partial charge in [-0.05, 0) is 20.0 Å². The van der Waals surface area contributed by atoms with Crippen LogP contribution in [0.3, 0.4) is 0 Å². The smallest absolute Gasteiger partial charge is 0.170 e. The van der Waals surface area contributed by atoms with Gasteiger partial charge in [0, 0.05) is 24.8 Å². The molecule has 0 saturated carbocycles. The maximum atomic E-state index is 14.0. The lowest BCUT2D eigenvalue weighted by molar-refractivity contribution is 0.589. The van der Waals surface area contributed by atoms with Crippen molar-refractivity contribution in [3.8, 4) is 12.3 Å². The minimum absolute atomic E-state index is 0.297. The van der Waals surface area contributed by atoms with Crippen molar-refractivity contribution in [1.29, 1.82) is 0 Å². The molecule has 1 heterocycles. The highest BCUT2D eigenvalue weighted by molar-refractivity contribution is 5.44. The monoisotopic (exact) mass is 221 g/mol. The van der Waals surface area contributed by atoms with Crippen LogP contribution in [0.2, 0.25) is 0 Å². The van der Waals surface area contributed by atoms with Gasteiger partial charge in [0.15, 0.2) is 11.6 Å². The van der Waals surface area contributed by atoms with Crippen LogP contribution in [0.5, 0.6) is 0 Å². The Morgan fingerprint density at radius 1 is 1.62 bits per heavy atom. The van der Waals surface area contributed by atoms with Crippen molar-refractivity contribution in [1.82, 2.24) is 10.3 Å². The molecule has 0 unspecified atom stereocenters. The molecule has 1 rings (SSSR count). The summed E-state index contributed by atoms with van der Waals surface area (Å²) in [6.07, 6.45) is 6.84. The van der Waals surface area contributed by atoms with Gasteiger partial charge in [-0.15, -0.1) is 6.42 Å². The third-order valence-corrected chi connectivity index (χ3v) is 2.28. The molecule has 1 N–H and O–H groups in total. The molecule has 0 atom stereocenters. The van der Waals surface area contributed by atoms with E-state index in [1.54, 1.807) is 24.2 Å². The van der Waals surface area contributed by atoms with Crippen molar-refractivity contribution in [3.05, 3.63) is 23.6 Å². The minimum Gasteiger partial charge on any atom is -0.343 e. The van der Waals surface area contributed by atoms with Crippen molar-refractivity contribution >= 4 is 5.82 Å². The second-order valence-electron chi connectivity index (χ2n) is 3.36. The fourth-order valence-corrected chi connectivity index (χ4v) is 1.47. The van der Waals surface area contributed by atoms with E-state index in [-0.39, 0.29) is 5.82 Å². The molecule has 86 valence electrons. The van der Waals surface area contributed by atoms with Gasteiger partial charge in [0.2, 0.25) is 0 Å². The number of hydrogen-bond donors (Lipinski definition) is 1. The Morgan fingerprint density at radius 2 is 2.38 bits per heavy atom. The number of rotatable bonds is 5. The Labute approximate surface area is 95.7 Å². The summed E-state index contributed by atoms with van der Waals surface area (Å²) in [5.74, 6) is 2.53. The summed E-state index contributed by atoms with van der Waals surface area (Å²) < 4.78 is 14.0. The molecule has 4 heteroatoms. The molecule has 1 aromatic heterocycles. The lowest BCUT2D eigenvalue weighted by atomic mass is 10.2. The Hall–Kier alpha value is -1.60. The van der Waals surface area contributed by atoms with Crippen LogP contribution in [0, 0.1) is 18.2 Å². The highest BCUT2D eigenvalue weighted by Gasteiger charge is 2.13. The Balaban J connectivity index is 3.03. The van der Waals surface area contributed by atoms with Crippen LogP contribution >= 0.6 is 0 Å². The molecule has 1 aromatic rings. The maximum absolute atomic E-state index is 14.0. The maximum Gasteiger partial charge on any atom is 0.170 e. The van der Waals surface area contributed by atoms with E-state index in [0.717, 1.165) is 0 Å². The molecular formula is C12H16FN3.